The highest BCUT2D eigenvalue weighted by atomic mass is 35.5. The Bertz CT molecular complexity index is 714. The molecule has 0 unspecified atom stereocenters. The van der Waals surface area contributed by atoms with Crippen LogP contribution >= 0.6 is 11.6 Å². The van der Waals surface area contributed by atoms with E-state index in [-0.39, 0.29) is 0 Å². The standard InChI is InChI=1S/C20H25ClN4O2/c1-26-22-15-17-4-6-18(7-5-17)27-14-2-3-16-10-12-25(13-11-16)20-9-8-19(21)23-24-20/h4-9,15-16H,2-3,10-14H2,1H3. The Balaban J connectivity index is 1.33. The Kier molecular flexibility index (Phi) is 7.27. The number of halogens is 1. The van der Waals surface area contributed by atoms with Gasteiger partial charge in [-0.3, -0.25) is 0 Å². The predicted octanol–water partition coefficient (Wildman–Crippen LogP) is 4.19. The summed E-state index contributed by atoms with van der Waals surface area (Å²) in [6.45, 7) is 2.78. The van der Waals surface area contributed by atoms with Crippen LogP contribution in [0.4, 0.5) is 5.82 Å². The average Bonchev–Trinajstić information content (AvgIpc) is 2.72. The van der Waals surface area contributed by atoms with Crippen LogP contribution in [-0.2, 0) is 4.84 Å². The highest BCUT2D eigenvalue weighted by molar-refractivity contribution is 6.29. The van der Waals surface area contributed by atoms with Crippen LogP contribution in [0.25, 0.3) is 0 Å². The van der Waals surface area contributed by atoms with E-state index in [2.05, 4.69) is 25.1 Å². The van der Waals surface area contributed by atoms with E-state index < -0.39 is 0 Å². The fourth-order valence-electron chi connectivity index (χ4n) is 3.25. The number of hydrogen-bond donors (Lipinski definition) is 0. The maximum atomic E-state index is 5.84. The number of hydrogen-bond acceptors (Lipinski definition) is 6. The third-order valence-electron chi connectivity index (χ3n) is 4.77. The SMILES string of the molecule is CON=Cc1ccc(OCCCC2CCN(c3ccc(Cl)nn3)CC2)cc1. The van der Waals surface area contributed by atoms with Gasteiger partial charge >= 0.3 is 0 Å². The zero-order chi connectivity index (χ0) is 18.9. The van der Waals surface area contributed by atoms with Crippen molar-refractivity contribution in [2.75, 3.05) is 31.7 Å². The molecule has 0 bridgehead atoms. The summed E-state index contributed by atoms with van der Waals surface area (Å²) < 4.78 is 5.84. The van der Waals surface area contributed by atoms with E-state index in [1.807, 2.05) is 30.3 Å². The quantitative estimate of drug-likeness (QED) is 0.385. The minimum atomic E-state index is 0.436. The number of ether oxygens (including phenoxy) is 1. The molecule has 1 aromatic carbocycles. The fourth-order valence-corrected chi connectivity index (χ4v) is 3.35. The molecule has 0 atom stereocenters. The van der Waals surface area contributed by atoms with Gasteiger partial charge < -0.3 is 14.5 Å². The monoisotopic (exact) mass is 388 g/mol. The molecule has 2 heterocycles. The predicted molar refractivity (Wildman–Crippen MR) is 108 cm³/mol. The third kappa shape index (κ3) is 6.10. The maximum absolute atomic E-state index is 5.84. The topological polar surface area (TPSA) is 59.8 Å². The Hall–Kier alpha value is -2.34. The number of aromatic nitrogens is 2. The lowest BCUT2D eigenvalue weighted by atomic mass is 9.92. The van der Waals surface area contributed by atoms with Crippen LogP contribution in [0, 0.1) is 5.92 Å². The van der Waals surface area contributed by atoms with Crippen molar-refractivity contribution in [3.8, 4) is 5.75 Å². The molecule has 1 saturated heterocycles. The summed E-state index contributed by atoms with van der Waals surface area (Å²) in [4.78, 5) is 6.96. The summed E-state index contributed by atoms with van der Waals surface area (Å²) in [7, 11) is 1.53. The number of anilines is 1. The van der Waals surface area contributed by atoms with Crippen molar-refractivity contribution in [3.05, 3.63) is 47.1 Å². The molecule has 0 radical (unpaired) electrons. The van der Waals surface area contributed by atoms with Crippen LogP contribution < -0.4 is 9.64 Å². The molecule has 0 amide bonds. The molecule has 1 aliphatic rings. The molecule has 3 rings (SSSR count). The van der Waals surface area contributed by atoms with E-state index in [0.29, 0.717) is 5.15 Å². The third-order valence-corrected chi connectivity index (χ3v) is 4.97. The molecule has 144 valence electrons. The summed E-state index contributed by atoms with van der Waals surface area (Å²) in [5, 5.41) is 12.3. The first kappa shape index (κ1) is 19.4. The summed E-state index contributed by atoms with van der Waals surface area (Å²) in [5.41, 5.74) is 0.987. The van der Waals surface area contributed by atoms with Crippen LogP contribution in [-0.4, -0.2) is 43.2 Å². The second kappa shape index (κ2) is 10.1. The van der Waals surface area contributed by atoms with E-state index in [1.165, 1.54) is 26.4 Å². The van der Waals surface area contributed by atoms with Gasteiger partial charge in [-0.2, -0.15) is 0 Å². The number of rotatable bonds is 8. The highest BCUT2D eigenvalue weighted by Crippen LogP contribution is 2.25. The average molecular weight is 389 g/mol. The van der Waals surface area contributed by atoms with E-state index in [4.69, 9.17) is 16.3 Å². The molecule has 1 aromatic heterocycles. The minimum Gasteiger partial charge on any atom is -0.494 e. The first-order chi connectivity index (χ1) is 13.2. The van der Waals surface area contributed by atoms with Crippen molar-refractivity contribution in [1.29, 1.82) is 0 Å². The van der Waals surface area contributed by atoms with Gasteiger partial charge in [0.15, 0.2) is 11.0 Å². The molecule has 0 N–H and O–H groups in total. The molecular weight excluding hydrogens is 364 g/mol. The van der Waals surface area contributed by atoms with E-state index in [1.54, 1.807) is 12.3 Å². The first-order valence-electron chi connectivity index (χ1n) is 9.28. The second-order valence-electron chi connectivity index (χ2n) is 6.62. The van der Waals surface area contributed by atoms with E-state index >= 15 is 0 Å². The lowest BCUT2D eigenvalue weighted by Crippen LogP contribution is -2.34. The van der Waals surface area contributed by atoms with Crippen molar-refractivity contribution >= 4 is 23.6 Å². The number of nitrogens with zero attached hydrogens (tertiary/aromatic N) is 4. The van der Waals surface area contributed by atoms with Crippen LogP contribution in [0.5, 0.6) is 5.75 Å². The molecule has 0 aliphatic carbocycles. The lowest BCUT2D eigenvalue weighted by molar-refractivity contribution is 0.215. The molecular formula is C20H25ClN4O2. The zero-order valence-corrected chi connectivity index (χ0v) is 16.3. The fraction of sp³-hybridized carbons (Fsp3) is 0.450. The minimum absolute atomic E-state index is 0.436. The molecule has 6 nitrogen and oxygen atoms in total. The number of benzene rings is 1. The molecule has 1 fully saturated rings. The summed E-state index contributed by atoms with van der Waals surface area (Å²) in [6, 6.07) is 11.6. The molecule has 0 saturated carbocycles. The van der Waals surface area contributed by atoms with Gasteiger partial charge in [0, 0.05) is 13.1 Å². The van der Waals surface area contributed by atoms with Gasteiger partial charge in [-0.25, -0.2) is 0 Å². The van der Waals surface area contributed by atoms with Gasteiger partial charge in [0.05, 0.1) is 12.8 Å². The van der Waals surface area contributed by atoms with Crippen molar-refractivity contribution in [2.45, 2.75) is 25.7 Å². The summed E-state index contributed by atoms with van der Waals surface area (Å²) >= 11 is 5.80. The van der Waals surface area contributed by atoms with Crippen LogP contribution in [0.15, 0.2) is 41.6 Å². The number of piperidine rings is 1. The van der Waals surface area contributed by atoms with Gasteiger partial charge in [-0.1, -0.05) is 16.8 Å². The number of oxime groups is 1. The zero-order valence-electron chi connectivity index (χ0n) is 15.6. The molecule has 0 spiro atoms. The van der Waals surface area contributed by atoms with Crippen molar-refractivity contribution < 1.29 is 9.57 Å². The van der Waals surface area contributed by atoms with Gasteiger partial charge in [-0.05, 0) is 73.6 Å². The summed E-state index contributed by atoms with van der Waals surface area (Å²) in [6.07, 6.45) is 6.29. The maximum Gasteiger partial charge on any atom is 0.151 e. The van der Waals surface area contributed by atoms with Gasteiger partial charge in [0.25, 0.3) is 0 Å². The smallest absolute Gasteiger partial charge is 0.151 e. The van der Waals surface area contributed by atoms with Gasteiger partial charge in [0.2, 0.25) is 0 Å². The molecule has 7 heteroatoms. The Morgan fingerprint density at radius 3 is 2.59 bits per heavy atom. The van der Waals surface area contributed by atoms with E-state index in [9.17, 15) is 0 Å². The molecule has 2 aromatic rings. The Labute approximate surface area is 165 Å². The summed E-state index contributed by atoms with van der Waals surface area (Å²) in [5.74, 6) is 2.55. The Morgan fingerprint density at radius 2 is 1.93 bits per heavy atom. The van der Waals surface area contributed by atoms with Crippen molar-refractivity contribution in [1.82, 2.24) is 10.2 Å². The van der Waals surface area contributed by atoms with Crippen LogP contribution in [0.3, 0.4) is 0 Å². The molecule has 1 aliphatic heterocycles. The Morgan fingerprint density at radius 1 is 1.15 bits per heavy atom. The van der Waals surface area contributed by atoms with Crippen molar-refractivity contribution in [3.63, 3.8) is 0 Å². The van der Waals surface area contributed by atoms with Gasteiger partial charge in [-0.15, -0.1) is 10.2 Å². The van der Waals surface area contributed by atoms with Crippen molar-refractivity contribution in [2.24, 2.45) is 11.1 Å². The van der Waals surface area contributed by atoms with E-state index in [0.717, 1.165) is 49.2 Å². The second-order valence-corrected chi connectivity index (χ2v) is 7.01. The lowest BCUT2D eigenvalue weighted by Gasteiger charge is -2.32. The van der Waals surface area contributed by atoms with Crippen LogP contribution in [0.1, 0.15) is 31.2 Å². The normalized spacial score (nSPS) is 15.3. The largest absolute Gasteiger partial charge is 0.494 e. The molecule has 27 heavy (non-hydrogen) atoms. The van der Waals surface area contributed by atoms with Gasteiger partial charge in [0.1, 0.15) is 12.9 Å². The first-order valence-corrected chi connectivity index (χ1v) is 9.66. The van der Waals surface area contributed by atoms with Crippen LogP contribution in [0.2, 0.25) is 5.15 Å². The highest BCUT2D eigenvalue weighted by Gasteiger charge is 2.20.